The minimum absolute atomic E-state index is 0.0338. The molecule has 0 aromatic heterocycles. The van der Waals surface area contributed by atoms with Crippen molar-refractivity contribution in [3.8, 4) is 17.2 Å². The van der Waals surface area contributed by atoms with E-state index in [1.165, 1.54) is 6.07 Å². The van der Waals surface area contributed by atoms with Gasteiger partial charge in [0.15, 0.2) is 11.5 Å². The third-order valence-corrected chi connectivity index (χ3v) is 7.16. The molecule has 0 spiro atoms. The highest BCUT2D eigenvalue weighted by Gasteiger charge is 2.47. The molecule has 6 nitrogen and oxygen atoms in total. The predicted octanol–water partition coefficient (Wildman–Crippen LogP) is 5.58. The van der Waals surface area contributed by atoms with Crippen LogP contribution in [0.2, 0.25) is 0 Å². The predicted molar refractivity (Wildman–Crippen MR) is 131 cm³/mol. The maximum atomic E-state index is 13.2. The van der Waals surface area contributed by atoms with Crippen molar-refractivity contribution in [3.63, 3.8) is 0 Å². The Balaban J connectivity index is 1.65. The Morgan fingerprint density at radius 2 is 1.40 bits per heavy atom. The summed E-state index contributed by atoms with van der Waals surface area (Å²) in [6.07, 6.45) is 0. The number of fused-ring (bicyclic) bond motifs is 1. The highest BCUT2D eigenvalue weighted by atomic mass is 32.2. The van der Waals surface area contributed by atoms with Crippen LogP contribution in [0.3, 0.4) is 0 Å². The van der Waals surface area contributed by atoms with E-state index in [1.54, 1.807) is 44.4 Å². The van der Waals surface area contributed by atoms with Crippen molar-refractivity contribution in [3.05, 3.63) is 119 Å². The van der Waals surface area contributed by atoms with E-state index in [4.69, 9.17) is 18.4 Å². The Morgan fingerprint density at radius 3 is 2.00 bits per heavy atom. The van der Waals surface area contributed by atoms with Crippen LogP contribution in [0.5, 0.6) is 17.2 Å². The minimum Gasteiger partial charge on any atom is -0.440 e. The molecule has 1 aliphatic rings. The summed E-state index contributed by atoms with van der Waals surface area (Å²) in [5, 5.41) is 0. The number of hydrogen-bond donors (Lipinski definition) is 0. The van der Waals surface area contributed by atoms with Gasteiger partial charge >= 0.3 is 15.9 Å². The zero-order chi connectivity index (χ0) is 24.5. The monoisotopic (exact) mass is 488 g/mol. The standard InChI is InChI=1S/C28H24O6S/c1-20-11-9-10-16-26(20)35(29,30)34-25-18-21(19-31-2)17-24-27(25)33-28(32-24,22-12-5-3-6-13-22)23-14-7-4-8-15-23/h3-18H,19H2,1-2H3. The van der Waals surface area contributed by atoms with Gasteiger partial charge < -0.3 is 18.4 Å². The summed E-state index contributed by atoms with van der Waals surface area (Å²) in [6.45, 7) is 1.96. The molecule has 1 heterocycles. The molecule has 1 aliphatic heterocycles. The van der Waals surface area contributed by atoms with Gasteiger partial charge in [-0.3, -0.25) is 0 Å². The summed E-state index contributed by atoms with van der Waals surface area (Å²) in [5.74, 6) is -0.718. The molecule has 7 heteroatoms. The molecule has 0 unspecified atom stereocenters. The first-order valence-corrected chi connectivity index (χ1v) is 12.5. The molecule has 0 radical (unpaired) electrons. The lowest BCUT2D eigenvalue weighted by molar-refractivity contribution is -0.0464. The number of rotatable bonds is 7. The van der Waals surface area contributed by atoms with Crippen molar-refractivity contribution >= 4 is 10.1 Å². The minimum atomic E-state index is -4.14. The Hall–Kier alpha value is -3.81. The fourth-order valence-electron chi connectivity index (χ4n) is 4.16. The molecule has 5 rings (SSSR count). The maximum Gasteiger partial charge on any atom is 0.339 e. The average molecular weight is 489 g/mol. The van der Waals surface area contributed by atoms with Crippen LogP contribution in [0.15, 0.2) is 102 Å². The van der Waals surface area contributed by atoms with Crippen LogP contribution in [-0.4, -0.2) is 15.5 Å². The lowest BCUT2D eigenvalue weighted by Gasteiger charge is -2.28. The van der Waals surface area contributed by atoms with E-state index >= 15 is 0 Å². The van der Waals surface area contributed by atoms with Crippen LogP contribution in [0.4, 0.5) is 0 Å². The van der Waals surface area contributed by atoms with Crippen LogP contribution < -0.4 is 13.7 Å². The highest BCUT2D eigenvalue weighted by Crippen LogP contribution is 2.53. The molecule has 4 aromatic carbocycles. The molecule has 35 heavy (non-hydrogen) atoms. The number of hydrogen-bond acceptors (Lipinski definition) is 6. The molecule has 0 saturated carbocycles. The van der Waals surface area contributed by atoms with Gasteiger partial charge in [0.05, 0.1) is 6.61 Å². The quantitative estimate of drug-likeness (QED) is 0.316. The van der Waals surface area contributed by atoms with Crippen molar-refractivity contribution < 1.29 is 26.8 Å². The first-order chi connectivity index (χ1) is 16.9. The fraction of sp³-hybridized carbons (Fsp3) is 0.143. The van der Waals surface area contributed by atoms with Gasteiger partial charge in [0, 0.05) is 18.2 Å². The summed E-state index contributed by atoms with van der Waals surface area (Å²) in [7, 11) is -2.58. The third kappa shape index (κ3) is 4.24. The topological polar surface area (TPSA) is 71.1 Å². The largest absolute Gasteiger partial charge is 0.440 e. The Labute approximate surface area is 204 Å². The van der Waals surface area contributed by atoms with Gasteiger partial charge in [-0.25, -0.2) is 0 Å². The summed E-state index contributed by atoms with van der Waals surface area (Å²) >= 11 is 0. The summed E-state index contributed by atoms with van der Waals surface area (Å²) in [6, 6.07) is 29.0. The summed E-state index contributed by atoms with van der Waals surface area (Å²) < 4.78 is 50.4. The van der Waals surface area contributed by atoms with Crippen molar-refractivity contribution in [1.29, 1.82) is 0 Å². The van der Waals surface area contributed by atoms with Gasteiger partial charge in [0.2, 0.25) is 5.75 Å². The lowest BCUT2D eigenvalue weighted by atomic mass is 9.97. The second-order valence-electron chi connectivity index (χ2n) is 8.21. The summed E-state index contributed by atoms with van der Waals surface area (Å²) in [5.41, 5.74) is 2.77. The zero-order valence-corrected chi connectivity index (χ0v) is 20.1. The van der Waals surface area contributed by atoms with E-state index in [9.17, 15) is 8.42 Å². The Bertz CT molecular complexity index is 1410. The van der Waals surface area contributed by atoms with Gasteiger partial charge in [-0.15, -0.1) is 0 Å². The maximum absolute atomic E-state index is 13.2. The molecular weight excluding hydrogens is 464 g/mol. The van der Waals surface area contributed by atoms with E-state index in [0.29, 0.717) is 16.9 Å². The van der Waals surface area contributed by atoms with E-state index < -0.39 is 15.9 Å². The molecule has 0 bridgehead atoms. The van der Waals surface area contributed by atoms with E-state index in [0.717, 1.165) is 11.1 Å². The van der Waals surface area contributed by atoms with Crippen LogP contribution in [0.25, 0.3) is 0 Å². The van der Waals surface area contributed by atoms with Crippen molar-refractivity contribution in [2.75, 3.05) is 7.11 Å². The molecule has 4 aromatic rings. The van der Waals surface area contributed by atoms with Gasteiger partial charge in [0.1, 0.15) is 4.90 Å². The Morgan fingerprint density at radius 1 is 0.800 bits per heavy atom. The number of benzene rings is 4. The van der Waals surface area contributed by atoms with Crippen LogP contribution in [0, 0.1) is 6.92 Å². The zero-order valence-electron chi connectivity index (χ0n) is 19.3. The van der Waals surface area contributed by atoms with Crippen molar-refractivity contribution in [2.45, 2.75) is 24.2 Å². The smallest absolute Gasteiger partial charge is 0.339 e. The van der Waals surface area contributed by atoms with E-state index in [2.05, 4.69) is 0 Å². The van der Waals surface area contributed by atoms with E-state index in [-0.39, 0.29) is 23.0 Å². The van der Waals surface area contributed by atoms with Gasteiger partial charge in [-0.1, -0.05) is 78.9 Å². The van der Waals surface area contributed by atoms with Gasteiger partial charge in [0.25, 0.3) is 0 Å². The molecule has 0 aliphatic carbocycles. The first-order valence-electron chi connectivity index (χ1n) is 11.1. The first kappa shape index (κ1) is 23.0. The molecule has 0 fully saturated rings. The van der Waals surface area contributed by atoms with Crippen LogP contribution >= 0.6 is 0 Å². The van der Waals surface area contributed by atoms with Gasteiger partial charge in [-0.05, 0) is 36.2 Å². The fourth-order valence-corrected chi connectivity index (χ4v) is 5.31. The SMILES string of the molecule is COCc1cc2c(c(OS(=O)(=O)c3ccccc3C)c1)OC(c1ccccc1)(c1ccccc1)O2. The average Bonchev–Trinajstić information content (AvgIpc) is 3.27. The van der Waals surface area contributed by atoms with Crippen LogP contribution in [-0.2, 0) is 27.2 Å². The van der Waals surface area contributed by atoms with Crippen LogP contribution in [0.1, 0.15) is 22.3 Å². The lowest BCUT2D eigenvalue weighted by Crippen LogP contribution is -2.36. The van der Waals surface area contributed by atoms with E-state index in [1.807, 2.05) is 60.7 Å². The third-order valence-electron chi connectivity index (χ3n) is 5.76. The van der Waals surface area contributed by atoms with Gasteiger partial charge in [-0.2, -0.15) is 8.42 Å². The molecule has 0 N–H and O–H groups in total. The number of ether oxygens (including phenoxy) is 3. The number of methoxy groups -OCH3 is 1. The number of aryl methyl sites for hydroxylation is 1. The second-order valence-corrected chi connectivity index (χ2v) is 9.72. The molecule has 0 atom stereocenters. The normalized spacial score (nSPS) is 14.0. The molecule has 178 valence electrons. The molecule has 0 saturated heterocycles. The summed E-state index contributed by atoms with van der Waals surface area (Å²) in [4.78, 5) is 0.0854. The van der Waals surface area contributed by atoms with Crippen molar-refractivity contribution in [1.82, 2.24) is 0 Å². The molecular formula is C28H24O6S. The molecule has 0 amide bonds. The highest BCUT2D eigenvalue weighted by molar-refractivity contribution is 7.87. The second kappa shape index (κ2) is 9.09. The Kier molecular flexibility index (Phi) is 5.96. The van der Waals surface area contributed by atoms with Crippen molar-refractivity contribution in [2.24, 2.45) is 0 Å².